The quantitative estimate of drug-likeness (QED) is 0.771. The van der Waals surface area contributed by atoms with Gasteiger partial charge >= 0.3 is 0 Å². The fourth-order valence-corrected chi connectivity index (χ4v) is 4.44. The lowest BCUT2D eigenvalue weighted by atomic mass is 9.88. The largest absolute Gasteiger partial charge is 0.366 e. The number of allylic oxidation sites excluding steroid dienone is 3. The van der Waals surface area contributed by atoms with Gasteiger partial charge in [-0.2, -0.15) is 0 Å². The van der Waals surface area contributed by atoms with Gasteiger partial charge < -0.3 is 9.80 Å². The van der Waals surface area contributed by atoms with Crippen molar-refractivity contribution in [1.82, 2.24) is 9.80 Å². The smallest absolute Gasteiger partial charge is 0.225 e. The molecule has 2 heterocycles. The van der Waals surface area contributed by atoms with Crippen LogP contribution in [0.1, 0.15) is 38.5 Å². The van der Waals surface area contributed by atoms with Crippen molar-refractivity contribution >= 4 is 5.91 Å². The third kappa shape index (κ3) is 1.99. The number of nitrogens with zero attached hydrogens (tertiary/aromatic N) is 2. The van der Waals surface area contributed by atoms with Gasteiger partial charge in [-0.05, 0) is 31.4 Å². The maximum Gasteiger partial charge on any atom is 0.225 e. The van der Waals surface area contributed by atoms with Crippen LogP contribution >= 0.6 is 0 Å². The average molecular weight is 272 g/mol. The van der Waals surface area contributed by atoms with Crippen LogP contribution in [-0.2, 0) is 4.79 Å². The van der Waals surface area contributed by atoms with Crippen molar-refractivity contribution < 1.29 is 4.79 Å². The Balaban J connectivity index is 1.41. The highest BCUT2D eigenvalue weighted by Gasteiger charge is 2.44. The Morgan fingerprint density at radius 3 is 2.60 bits per heavy atom. The van der Waals surface area contributed by atoms with E-state index in [9.17, 15) is 4.79 Å². The summed E-state index contributed by atoms with van der Waals surface area (Å²) in [5.41, 5.74) is 1.38. The van der Waals surface area contributed by atoms with E-state index in [1.165, 1.54) is 37.9 Å². The summed E-state index contributed by atoms with van der Waals surface area (Å²) >= 11 is 0. The molecular weight excluding hydrogens is 248 g/mol. The molecule has 1 amide bonds. The lowest BCUT2D eigenvalue weighted by molar-refractivity contribution is -0.135. The van der Waals surface area contributed by atoms with Crippen LogP contribution in [0.2, 0.25) is 0 Å². The zero-order chi connectivity index (χ0) is 13.5. The first-order valence-corrected chi connectivity index (χ1v) is 8.27. The maximum absolute atomic E-state index is 12.7. The molecule has 2 saturated heterocycles. The monoisotopic (exact) mass is 272 g/mol. The van der Waals surface area contributed by atoms with Gasteiger partial charge in [0.2, 0.25) is 5.91 Å². The summed E-state index contributed by atoms with van der Waals surface area (Å²) in [4.78, 5) is 17.4. The lowest BCUT2D eigenvalue weighted by Crippen LogP contribution is -2.39. The molecule has 0 spiro atoms. The van der Waals surface area contributed by atoms with Crippen LogP contribution in [0.3, 0.4) is 0 Å². The number of rotatable bonds is 2. The molecular formula is C17H24N2O. The molecule has 0 bridgehead atoms. The Labute approximate surface area is 121 Å². The van der Waals surface area contributed by atoms with Crippen molar-refractivity contribution in [3.63, 3.8) is 0 Å². The predicted octanol–water partition coefficient (Wildman–Crippen LogP) is 2.55. The SMILES string of the molecule is O=C(C1CCCCC1)N1CC2CCN(C3=CC=C3)C2C1. The molecule has 3 fully saturated rings. The molecule has 2 aliphatic carbocycles. The van der Waals surface area contributed by atoms with Crippen LogP contribution in [-0.4, -0.2) is 41.4 Å². The standard InChI is InChI=1S/C17H24N2O/c20-17(13-5-2-1-3-6-13)18-11-14-9-10-19(16(14)12-18)15-7-4-8-15/h4,7-8,13-14,16H,1-3,5-6,9-12H2. The first-order chi connectivity index (χ1) is 9.83. The molecule has 20 heavy (non-hydrogen) atoms. The fraction of sp³-hybridized carbons (Fsp3) is 0.706. The summed E-state index contributed by atoms with van der Waals surface area (Å²) in [6.45, 7) is 3.15. The van der Waals surface area contributed by atoms with E-state index in [1.54, 1.807) is 0 Å². The van der Waals surface area contributed by atoms with Crippen molar-refractivity contribution in [1.29, 1.82) is 0 Å². The molecule has 1 saturated carbocycles. The van der Waals surface area contributed by atoms with E-state index in [4.69, 9.17) is 0 Å². The fourth-order valence-electron chi connectivity index (χ4n) is 4.44. The summed E-state index contributed by atoms with van der Waals surface area (Å²) < 4.78 is 0. The Bertz CT molecular complexity index is 462. The van der Waals surface area contributed by atoms with Crippen molar-refractivity contribution in [3.8, 4) is 0 Å². The number of amides is 1. The summed E-state index contributed by atoms with van der Waals surface area (Å²) in [6.07, 6.45) is 13.9. The molecule has 0 radical (unpaired) electrons. The molecule has 4 aliphatic rings. The number of hydrogen-bond acceptors (Lipinski definition) is 2. The topological polar surface area (TPSA) is 23.6 Å². The molecule has 3 nitrogen and oxygen atoms in total. The number of fused-ring (bicyclic) bond motifs is 1. The van der Waals surface area contributed by atoms with Gasteiger partial charge in [0.1, 0.15) is 0 Å². The Kier molecular flexibility index (Phi) is 3.08. The van der Waals surface area contributed by atoms with E-state index in [-0.39, 0.29) is 0 Å². The molecule has 2 atom stereocenters. The van der Waals surface area contributed by atoms with Gasteiger partial charge in [0.15, 0.2) is 0 Å². The van der Waals surface area contributed by atoms with E-state index in [0.717, 1.165) is 25.9 Å². The van der Waals surface area contributed by atoms with Gasteiger partial charge in [0.25, 0.3) is 0 Å². The highest BCUT2D eigenvalue weighted by atomic mass is 16.2. The van der Waals surface area contributed by atoms with Crippen LogP contribution in [0.5, 0.6) is 0 Å². The summed E-state index contributed by atoms with van der Waals surface area (Å²) in [5.74, 6) is 1.49. The second kappa shape index (κ2) is 4.94. The minimum Gasteiger partial charge on any atom is -0.366 e. The molecule has 108 valence electrons. The van der Waals surface area contributed by atoms with Crippen LogP contribution in [0, 0.1) is 11.8 Å². The summed E-state index contributed by atoms with van der Waals surface area (Å²) in [5, 5.41) is 0. The first kappa shape index (κ1) is 12.5. The van der Waals surface area contributed by atoms with E-state index >= 15 is 0 Å². The zero-order valence-corrected chi connectivity index (χ0v) is 12.1. The molecule has 2 unspecified atom stereocenters. The number of carbonyl (C=O) groups excluding carboxylic acids is 1. The highest BCUT2D eigenvalue weighted by Crippen LogP contribution is 2.37. The third-order valence-electron chi connectivity index (χ3n) is 5.68. The van der Waals surface area contributed by atoms with Crippen LogP contribution in [0.15, 0.2) is 23.9 Å². The average Bonchev–Trinajstić information content (AvgIpc) is 2.99. The minimum absolute atomic E-state index is 0.332. The van der Waals surface area contributed by atoms with Gasteiger partial charge in [0, 0.05) is 37.2 Å². The van der Waals surface area contributed by atoms with E-state index in [0.29, 0.717) is 23.8 Å². The van der Waals surface area contributed by atoms with Crippen molar-refractivity contribution in [2.75, 3.05) is 19.6 Å². The minimum atomic E-state index is 0.332. The second-order valence-electron chi connectivity index (χ2n) is 6.84. The molecule has 0 N–H and O–H groups in total. The lowest BCUT2D eigenvalue weighted by Gasteiger charge is -2.31. The van der Waals surface area contributed by atoms with Gasteiger partial charge in [0.05, 0.1) is 6.04 Å². The normalized spacial score (nSPS) is 33.1. The molecule has 0 aromatic rings. The maximum atomic E-state index is 12.7. The summed E-state index contributed by atoms with van der Waals surface area (Å²) in [6, 6.07) is 0.582. The predicted molar refractivity (Wildman–Crippen MR) is 79.0 cm³/mol. The van der Waals surface area contributed by atoms with Crippen molar-refractivity contribution in [2.24, 2.45) is 11.8 Å². The molecule has 4 rings (SSSR count). The summed E-state index contributed by atoms with van der Waals surface area (Å²) in [7, 11) is 0. The number of carbonyl (C=O) groups is 1. The Hall–Kier alpha value is -1.25. The third-order valence-corrected chi connectivity index (χ3v) is 5.68. The second-order valence-corrected chi connectivity index (χ2v) is 6.84. The van der Waals surface area contributed by atoms with E-state index in [1.807, 2.05) is 0 Å². The Morgan fingerprint density at radius 1 is 1.10 bits per heavy atom. The van der Waals surface area contributed by atoms with Gasteiger partial charge in [-0.3, -0.25) is 4.79 Å². The van der Waals surface area contributed by atoms with Gasteiger partial charge in [-0.25, -0.2) is 0 Å². The van der Waals surface area contributed by atoms with Crippen molar-refractivity contribution in [3.05, 3.63) is 23.9 Å². The van der Waals surface area contributed by atoms with Crippen LogP contribution in [0.4, 0.5) is 0 Å². The molecule has 2 aliphatic heterocycles. The highest BCUT2D eigenvalue weighted by molar-refractivity contribution is 5.79. The van der Waals surface area contributed by atoms with Crippen LogP contribution in [0.25, 0.3) is 0 Å². The van der Waals surface area contributed by atoms with Gasteiger partial charge in [-0.1, -0.05) is 25.3 Å². The van der Waals surface area contributed by atoms with E-state index < -0.39 is 0 Å². The first-order valence-electron chi connectivity index (χ1n) is 8.27. The van der Waals surface area contributed by atoms with Crippen molar-refractivity contribution in [2.45, 2.75) is 44.6 Å². The zero-order valence-electron chi connectivity index (χ0n) is 12.1. The Morgan fingerprint density at radius 2 is 1.90 bits per heavy atom. The molecule has 3 heteroatoms. The van der Waals surface area contributed by atoms with E-state index in [2.05, 4.69) is 28.0 Å². The molecule has 0 aromatic heterocycles. The van der Waals surface area contributed by atoms with Gasteiger partial charge in [-0.15, -0.1) is 0 Å². The molecule has 0 aromatic carbocycles. The number of hydrogen-bond donors (Lipinski definition) is 0. The number of likely N-dealkylation sites (tertiary alicyclic amines) is 2. The van der Waals surface area contributed by atoms with Crippen LogP contribution < -0.4 is 0 Å².